The maximum absolute atomic E-state index is 12.0. The number of hydrogen-bond acceptors (Lipinski definition) is 2. The van der Waals surface area contributed by atoms with E-state index in [1.54, 1.807) is 0 Å². The van der Waals surface area contributed by atoms with Gasteiger partial charge in [-0.25, -0.2) is 0 Å². The Labute approximate surface area is 127 Å². The Hall–Kier alpha value is -1.22. The number of amides is 1. The smallest absolute Gasteiger partial charge is 0.233 e. The maximum Gasteiger partial charge on any atom is 0.233 e. The lowest BCUT2D eigenvalue weighted by Gasteiger charge is -2.15. The summed E-state index contributed by atoms with van der Waals surface area (Å²) in [6, 6.07) is 10.0. The number of thiol groups is 1. The van der Waals surface area contributed by atoms with Crippen molar-refractivity contribution in [1.82, 2.24) is 5.32 Å². The normalized spacial score (nSPS) is 16.4. The largest absolute Gasteiger partial charge is 0.355 e. The van der Waals surface area contributed by atoms with Crippen molar-refractivity contribution < 1.29 is 4.79 Å². The molecule has 1 aliphatic rings. The minimum Gasteiger partial charge on any atom is -0.355 e. The number of allylic oxidation sites excluding steroid dienone is 1. The van der Waals surface area contributed by atoms with E-state index in [0.717, 1.165) is 18.5 Å². The third-order valence-corrected chi connectivity index (χ3v) is 4.12. The van der Waals surface area contributed by atoms with Gasteiger partial charge in [-0.2, -0.15) is 12.6 Å². The second-order valence-corrected chi connectivity index (χ2v) is 5.98. The Morgan fingerprint density at radius 2 is 2.05 bits per heavy atom. The molecule has 1 unspecified atom stereocenters. The van der Waals surface area contributed by atoms with E-state index in [0.29, 0.717) is 6.42 Å². The van der Waals surface area contributed by atoms with Crippen molar-refractivity contribution in [2.75, 3.05) is 6.54 Å². The molecule has 108 valence electrons. The summed E-state index contributed by atoms with van der Waals surface area (Å²) in [7, 11) is 0. The van der Waals surface area contributed by atoms with Gasteiger partial charge >= 0.3 is 0 Å². The molecule has 20 heavy (non-hydrogen) atoms. The molecule has 0 saturated carbocycles. The van der Waals surface area contributed by atoms with Gasteiger partial charge in [-0.05, 0) is 44.1 Å². The van der Waals surface area contributed by atoms with Crippen LogP contribution in [0.15, 0.2) is 42.0 Å². The maximum atomic E-state index is 12.0. The van der Waals surface area contributed by atoms with Crippen LogP contribution in [0.5, 0.6) is 0 Å². The lowest BCUT2D eigenvalue weighted by molar-refractivity contribution is -0.120. The standard InChI is InChI=1S/C17H23NOS/c19-17(16(20)13-15-9-5-2-6-10-15)18-12-11-14-7-3-1-4-8-14/h2,5-7,9-10,16,20H,1,3-4,8,11-13H2,(H,18,19). The van der Waals surface area contributed by atoms with Crippen LogP contribution >= 0.6 is 12.6 Å². The first kappa shape index (κ1) is 15.2. The zero-order chi connectivity index (χ0) is 14.2. The van der Waals surface area contributed by atoms with Crippen LogP contribution in [0.2, 0.25) is 0 Å². The van der Waals surface area contributed by atoms with Gasteiger partial charge in [-0.3, -0.25) is 4.79 Å². The van der Waals surface area contributed by atoms with E-state index in [4.69, 9.17) is 0 Å². The van der Waals surface area contributed by atoms with Crippen molar-refractivity contribution in [3.63, 3.8) is 0 Å². The van der Waals surface area contributed by atoms with Crippen molar-refractivity contribution in [2.45, 2.75) is 43.8 Å². The molecule has 0 saturated heterocycles. The molecule has 1 aromatic carbocycles. The van der Waals surface area contributed by atoms with Crippen LogP contribution in [0.3, 0.4) is 0 Å². The number of carbonyl (C=O) groups excluding carboxylic acids is 1. The van der Waals surface area contributed by atoms with E-state index in [2.05, 4.69) is 24.0 Å². The number of hydrogen-bond donors (Lipinski definition) is 2. The van der Waals surface area contributed by atoms with Crippen LogP contribution in [-0.2, 0) is 11.2 Å². The van der Waals surface area contributed by atoms with Gasteiger partial charge in [-0.15, -0.1) is 0 Å². The summed E-state index contributed by atoms with van der Waals surface area (Å²) in [5.41, 5.74) is 2.65. The van der Waals surface area contributed by atoms with Crippen LogP contribution < -0.4 is 5.32 Å². The van der Waals surface area contributed by atoms with E-state index < -0.39 is 0 Å². The molecular formula is C17H23NOS. The van der Waals surface area contributed by atoms with Crippen LogP contribution in [0, 0.1) is 0 Å². The molecule has 1 atom stereocenters. The Bertz CT molecular complexity index is 455. The van der Waals surface area contributed by atoms with E-state index in [1.165, 1.54) is 31.3 Å². The lowest BCUT2D eigenvalue weighted by atomic mass is 9.97. The molecule has 0 bridgehead atoms. The predicted molar refractivity (Wildman–Crippen MR) is 87.1 cm³/mol. The first-order valence-electron chi connectivity index (χ1n) is 7.43. The predicted octanol–water partition coefficient (Wildman–Crippen LogP) is 3.53. The highest BCUT2D eigenvalue weighted by Crippen LogP contribution is 2.19. The first-order valence-corrected chi connectivity index (χ1v) is 7.95. The van der Waals surface area contributed by atoms with Crippen LogP contribution in [0.25, 0.3) is 0 Å². The summed E-state index contributed by atoms with van der Waals surface area (Å²) in [6.45, 7) is 0.733. The van der Waals surface area contributed by atoms with Crippen molar-refractivity contribution in [3.05, 3.63) is 47.5 Å². The molecule has 1 aromatic rings. The van der Waals surface area contributed by atoms with Gasteiger partial charge < -0.3 is 5.32 Å². The van der Waals surface area contributed by atoms with Crippen LogP contribution in [-0.4, -0.2) is 17.7 Å². The zero-order valence-electron chi connectivity index (χ0n) is 11.8. The SMILES string of the molecule is O=C(NCCC1=CCCCC1)C(S)Cc1ccccc1. The molecule has 0 aliphatic heterocycles. The van der Waals surface area contributed by atoms with Crippen molar-refractivity contribution >= 4 is 18.5 Å². The molecule has 1 amide bonds. The third-order valence-electron chi connectivity index (χ3n) is 3.70. The molecule has 2 nitrogen and oxygen atoms in total. The monoisotopic (exact) mass is 289 g/mol. The Morgan fingerprint density at radius 3 is 2.75 bits per heavy atom. The van der Waals surface area contributed by atoms with Gasteiger partial charge in [0.15, 0.2) is 0 Å². The van der Waals surface area contributed by atoms with Crippen molar-refractivity contribution in [3.8, 4) is 0 Å². The summed E-state index contributed by atoms with van der Waals surface area (Å²) in [6.07, 6.45) is 9.00. The average molecular weight is 289 g/mol. The van der Waals surface area contributed by atoms with Gasteiger partial charge in [0.2, 0.25) is 5.91 Å². The third kappa shape index (κ3) is 5.04. The topological polar surface area (TPSA) is 29.1 Å². The Balaban J connectivity index is 1.70. The molecule has 0 radical (unpaired) electrons. The summed E-state index contributed by atoms with van der Waals surface area (Å²) in [5.74, 6) is 0.0357. The molecule has 0 heterocycles. The quantitative estimate of drug-likeness (QED) is 0.609. The number of benzene rings is 1. The first-order chi connectivity index (χ1) is 9.75. The number of rotatable bonds is 6. The van der Waals surface area contributed by atoms with E-state index in [1.807, 2.05) is 30.3 Å². The van der Waals surface area contributed by atoms with Gasteiger partial charge in [0.1, 0.15) is 0 Å². The molecule has 3 heteroatoms. The highest BCUT2D eigenvalue weighted by atomic mass is 32.1. The van der Waals surface area contributed by atoms with Gasteiger partial charge in [0.05, 0.1) is 5.25 Å². The molecule has 0 aromatic heterocycles. The van der Waals surface area contributed by atoms with E-state index in [9.17, 15) is 4.79 Å². The fourth-order valence-corrected chi connectivity index (χ4v) is 2.83. The minimum atomic E-state index is -0.266. The van der Waals surface area contributed by atoms with Crippen LogP contribution in [0.1, 0.15) is 37.7 Å². The molecule has 2 rings (SSSR count). The average Bonchev–Trinajstić information content (AvgIpc) is 2.49. The number of carbonyl (C=O) groups is 1. The Morgan fingerprint density at radius 1 is 1.25 bits per heavy atom. The fraction of sp³-hybridized carbons (Fsp3) is 0.471. The fourth-order valence-electron chi connectivity index (χ4n) is 2.53. The molecular weight excluding hydrogens is 266 g/mol. The summed E-state index contributed by atoms with van der Waals surface area (Å²) in [4.78, 5) is 12.0. The van der Waals surface area contributed by atoms with E-state index >= 15 is 0 Å². The zero-order valence-corrected chi connectivity index (χ0v) is 12.7. The van der Waals surface area contributed by atoms with Crippen molar-refractivity contribution in [1.29, 1.82) is 0 Å². The molecule has 1 aliphatic carbocycles. The minimum absolute atomic E-state index is 0.0357. The molecule has 0 spiro atoms. The second kappa shape index (κ2) is 8.15. The van der Waals surface area contributed by atoms with E-state index in [-0.39, 0.29) is 11.2 Å². The molecule has 0 fully saturated rings. The summed E-state index contributed by atoms with van der Waals surface area (Å²) in [5, 5.41) is 2.73. The molecule has 1 N–H and O–H groups in total. The lowest BCUT2D eigenvalue weighted by Crippen LogP contribution is -2.33. The highest BCUT2D eigenvalue weighted by molar-refractivity contribution is 7.81. The van der Waals surface area contributed by atoms with Crippen molar-refractivity contribution in [2.24, 2.45) is 0 Å². The highest BCUT2D eigenvalue weighted by Gasteiger charge is 2.14. The van der Waals surface area contributed by atoms with Crippen LogP contribution in [0.4, 0.5) is 0 Å². The number of nitrogens with one attached hydrogen (secondary N) is 1. The van der Waals surface area contributed by atoms with Gasteiger partial charge in [-0.1, -0.05) is 42.0 Å². The van der Waals surface area contributed by atoms with Gasteiger partial charge in [0, 0.05) is 6.54 Å². The second-order valence-electron chi connectivity index (χ2n) is 5.35. The summed E-state index contributed by atoms with van der Waals surface area (Å²) >= 11 is 4.41. The summed E-state index contributed by atoms with van der Waals surface area (Å²) < 4.78 is 0. The Kier molecular flexibility index (Phi) is 6.19. The van der Waals surface area contributed by atoms with Gasteiger partial charge in [0.25, 0.3) is 0 Å².